The van der Waals surface area contributed by atoms with E-state index in [0.717, 1.165) is 0 Å². The van der Waals surface area contributed by atoms with Crippen LogP contribution >= 0.6 is 11.6 Å². The average Bonchev–Trinajstić information content (AvgIpc) is 2.08. The monoisotopic (exact) mass is 187 g/mol. The number of hydrogen-bond donors (Lipinski definition) is 3. The number of halogens is 1. The number of anilines is 2. The molecule has 1 rings (SSSR count). The highest BCUT2D eigenvalue weighted by Crippen LogP contribution is 2.21. The van der Waals surface area contributed by atoms with Crippen LogP contribution in [-0.2, 0) is 0 Å². The molecule has 0 aliphatic rings. The average molecular weight is 188 g/mol. The van der Waals surface area contributed by atoms with E-state index < -0.39 is 0 Å². The van der Waals surface area contributed by atoms with Crippen molar-refractivity contribution in [3.05, 3.63) is 11.5 Å². The minimum atomic E-state index is 0.254. The first-order valence-corrected chi connectivity index (χ1v) is 3.83. The summed E-state index contributed by atoms with van der Waals surface area (Å²) < 4.78 is 0. The molecule has 0 spiro atoms. The van der Waals surface area contributed by atoms with Gasteiger partial charge in [-0.25, -0.2) is 9.97 Å². The summed E-state index contributed by atoms with van der Waals surface area (Å²) in [5, 5.41) is 3.17. The molecule has 12 heavy (non-hydrogen) atoms. The van der Waals surface area contributed by atoms with Crippen LogP contribution in [0, 0.1) is 0 Å². The van der Waals surface area contributed by atoms with Gasteiger partial charge in [-0.1, -0.05) is 11.6 Å². The second-order valence-corrected chi connectivity index (χ2v) is 2.50. The number of nitrogens with one attached hydrogen (secondary N) is 1. The molecular formula is C6H10ClN5. The summed E-state index contributed by atoms with van der Waals surface area (Å²) in [7, 11) is 0. The molecule has 6 heteroatoms. The molecule has 1 aromatic rings. The van der Waals surface area contributed by atoms with Crippen LogP contribution in [0.4, 0.5) is 11.5 Å². The second kappa shape index (κ2) is 4.08. The third-order valence-electron chi connectivity index (χ3n) is 1.27. The number of nitrogen functional groups attached to an aromatic ring is 1. The van der Waals surface area contributed by atoms with Crippen molar-refractivity contribution in [3.63, 3.8) is 0 Å². The van der Waals surface area contributed by atoms with Gasteiger partial charge in [0.2, 0.25) is 0 Å². The van der Waals surface area contributed by atoms with E-state index in [1.807, 2.05) is 0 Å². The smallest absolute Gasteiger partial charge is 0.157 e. The van der Waals surface area contributed by atoms with Gasteiger partial charge in [-0.15, -0.1) is 0 Å². The Labute approximate surface area is 75.1 Å². The van der Waals surface area contributed by atoms with E-state index >= 15 is 0 Å². The quantitative estimate of drug-likeness (QED) is 0.584. The van der Waals surface area contributed by atoms with Gasteiger partial charge in [-0.3, -0.25) is 0 Å². The molecule has 1 aromatic heterocycles. The van der Waals surface area contributed by atoms with Crippen LogP contribution in [0.1, 0.15) is 0 Å². The predicted octanol–water partition coefficient (Wildman–Crippen LogP) is 0.0828. The minimum Gasteiger partial charge on any atom is -0.393 e. The van der Waals surface area contributed by atoms with E-state index in [4.69, 9.17) is 23.1 Å². The maximum Gasteiger partial charge on any atom is 0.157 e. The molecule has 66 valence electrons. The van der Waals surface area contributed by atoms with Crippen molar-refractivity contribution in [2.24, 2.45) is 5.73 Å². The molecule has 0 aliphatic carbocycles. The number of nitrogens with two attached hydrogens (primary N) is 2. The molecule has 0 aromatic carbocycles. The molecule has 0 unspecified atom stereocenters. The first-order chi connectivity index (χ1) is 5.75. The molecule has 0 fully saturated rings. The van der Waals surface area contributed by atoms with Gasteiger partial charge in [-0.05, 0) is 0 Å². The maximum atomic E-state index is 5.65. The van der Waals surface area contributed by atoms with Gasteiger partial charge in [0.1, 0.15) is 12.0 Å². The van der Waals surface area contributed by atoms with Crippen LogP contribution in [0.5, 0.6) is 0 Å². The normalized spacial score (nSPS) is 9.83. The Hall–Kier alpha value is -1.07. The van der Waals surface area contributed by atoms with Gasteiger partial charge < -0.3 is 16.8 Å². The van der Waals surface area contributed by atoms with Gasteiger partial charge in [0, 0.05) is 13.1 Å². The summed E-state index contributed by atoms with van der Waals surface area (Å²) in [6.45, 7) is 1.12. The third kappa shape index (κ3) is 1.96. The second-order valence-electron chi connectivity index (χ2n) is 2.14. The molecular weight excluding hydrogens is 178 g/mol. The summed E-state index contributed by atoms with van der Waals surface area (Å²) in [4.78, 5) is 7.59. The van der Waals surface area contributed by atoms with Crippen molar-refractivity contribution in [2.75, 3.05) is 24.1 Å². The lowest BCUT2D eigenvalue weighted by molar-refractivity contribution is 1.01. The summed E-state index contributed by atoms with van der Waals surface area (Å²) in [6, 6.07) is 0. The Morgan fingerprint density at radius 2 is 2.25 bits per heavy atom. The standard InChI is InChI=1S/C6H10ClN5/c7-5-4(9)6(10-2-1-8)12-3-11-5/h3H,1-2,8-9H2,(H,10,11,12). The van der Waals surface area contributed by atoms with Gasteiger partial charge >= 0.3 is 0 Å². The molecule has 1 heterocycles. The number of nitrogens with zero attached hydrogens (tertiary/aromatic N) is 2. The molecule has 5 nitrogen and oxygen atoms in total. The van der Waals surface area contributed by atoms with Crippen molar-refractivity contribution in [1.82, 2.24) is 9.97 Å². The summed E-state index contributed by atoms with van der Waals surface area (Å²) >= 11 is 5.65. The van der Waals surface area contributed by atoms with Crippen LogP contribution in [0.25, 0.3) is 0 Å². The first kappa shape index (κ1) is 9.02. The zero-order valence-electron chi connectivity index (χ0n) is 6.42. The molecule has 0 aliphatic heterocycles. The predicted molar refractivity (Wildman–Crippen MR) is 49.0 cm³/mol. The van der Waals surface area contributed by atoms with E-state index in [1.165, 1.54) is 6.33 Å². The Morgan fingerprint density at radius 1 is 1.50 bits per heavy atom. The topological polar surface area (TPSA) is 89.8 Å². The Bertz CT molecular complexity index is 264. The van der Waals surface area contributed by atoms with Crippen molar-refractivity contribution in [3.8, 4) is 0 Å². The minimum absolute atomic E-state index is 0.254. The molecule has 0 amide bonds. The van der Waals surface area contributed by atoms with E-state index in [-0.39, 0.29) is 5.15 Å². The van der Waals surface area contributed by atoms with Crippen molar-refractivity contribution >= 4 is 23.1 Å². The lowest BCUT2D eigenvalue weighted by atomic mass is 10.5. The molecule has 5 N–H and O–H groups in total. The Kier molecular flexibility index (Phi) is 3.07. The molecule has 0 saturated carbocycles. The van der Waals surface area contributed by atoms with Gasteiger partial charge in [-0.2, -0.15) is 0 Å². The zero-order valence-corrected chi connectivity index (χ0v) is 7.17. The molecule has 0 radical (unpaired) electrons. The van der Waals surface area contributed by atoms with E-state index in [0.29, 0.717) is 24.6 Å². The maximum absolute atomic E-state index is 5.65. The largest absolute Gasteiger partial charge is 0.393 e. The highest BCUT2D eigenvalue weighted by atomic mass is 35.5. The zero-order chi connectivity index (χ0) is 8.97. The fourth-order valence-electron chi connectivity index (χ4n) is 0.706. The van der Waals surface area contributed by atoms with Crippen molar-refractivity contribution in [2.45, 2.75) is 0 Å². The molecule has 0 bridgehead atoms. The van der Waals surface area contributed by atoms with Gasteiger partial charge in [0.25, 0.3) is 0 Å². The fraction of sp³-hybridized carbons (Fsp3) is 0.333. The number of rotatable bonds is 3. The fourth-order valence-corrected chi connectivity index (χ4v) is 0.839. The first-order valence-electron chi connectivity index (χ1n) is 3.45. The summed E-state index contributed by atoms with van der Waals surface area (Å²) in [6.07, 6.45) is 1.34. The molecule has 0 atom stereocenters. The molecule has 0 saturated heterocycles. The summed E-state index contributed by atoms with van der Waals surface area (Å²) in [5.41, 5.74) is 11.2. The van der Waals surface area contributed by atoms with Crippen LogP contribution < -0.4 is 16.8 Å². The highest BCUT2D eigenvalue weighted by molar-refractivity contribution is 6.32. The van der Waals surface area contributed by atoms with Gasteiger partial charge in [0.15, 0.2) is 11.0 Å². The third-order valence-corrected chi connectivity index (χ3v) is 1.57. The number of aromatic nitrogens is 2. The van der Waals surface area contributed by atoms with Gasteiger partial charge in [0.05, 0.1) is 0 Å². The van der Waals surface area contributed by atoms with Crippen LogP contribution in [0.2, 0.25) is 5.15 Å². The Balaban J connectivity index is 2.78. The Morgan fingerprint density at radius 3 is 2.92 bits per heavy atom. The highest BCUT2D eigenvalue weighted by Gasteiger charge is 2.03. The van der Waals surface area contributed by atoms with Crippen LogP contribution in [-0.4, -0.2) is 23.1 Å². The van der Waals surface area contributed by atoms with Crippen molar-refractivity contribution in [1.29, 1.82) is 0 Å². The SMILES string of the molecule is NCCNc1ncnc(Cl)c1N. The van der Waals surface area contributed by atoms with E-state index in [9.17, 15) is 0 Å². The van der Waals surface area contributed by atoms with E-state index in [2.05, 4.69) is 15.3 Å². The number of hydrogen-bond acceptors (Lipinski definition) is 5. The van der Waals surface area contributed by atoms with Crippen molar-refractivity contribution < 1.29 is 0 Å². The lowest BCUT2D eigenvalue weighted by Gasteiger charge is -2.06. The lowest BCUT2D eigenvalue weighted by Crippen LogP contribution is -2.15. The van der Waals surface area contributed by atoms with E-state index in [1.54, 1.807) is 0 Å². The summed E-state index contributed by atoms with van der Waals surface area (Å²) in [5.74, 6) is 0.528. The van der Waals surface area contributed by atoms with Crippen LogP contribution in [0.15, 0.2) is 6.33 Å². The van der Waals surface area contributed by atoms with Crippen LogP contribution in [0.3, 0.4) is 0 Å².